The van der Waals surface area contributed by atoms with Gasteiger partial charge in [0.05, 0.1) is 10.8 Å². The van der Waals surface area contributed by atoms with Crippen LogP contribution >= 0.6 is 0 Å². The monoisotopic (exact) mass is 252 g/mol. The number of aliphatic hydroxyl groups excluding tert-OH is 1. The molecule has 3 heteroatoms. The number of aliphatic hydroxyl groups is 1. The number of hydrogen-bond acceptors (Lipinski definition) is 2. The van der Waals surface area contributed by atoms with E-state index in [0.717, 1.165) is 21.8 Å². The molecule has 19 heavy (non-hydrogen) atoms. The molecule has 0 bridgehead atoms. The smallest absolute Gasteiger partial charge is 0.213 e. The van der Waals surface area contributed by atoms with Gasteiger partial charge in [0.15, 0.2) is 5.78 Å². The van der Waals surface area contributed by atoms with Crippen LogP contribution in [0.3, 0.4) is 0 Å². The average Bonchev–Trinajstić information content (AvgIpc) is 2.47. The molecule has 0 saturated carbocycles. The second-order valence-electron chi connectivity index (χ2n) is 4.55. The first-order valence-electron chi connectivity index (χ1n) is 6.17. The number of fused-ring (bicyclic) bond motifs is 2. The quantitative estimate of drug-likeness (QED) is 0.430. The molecular weight excluding hydrogens is 238 g/mol. The van der Waals surface area contributed by atoms with Crippen molar-refractivity contribution in [3.05, 3.63) is 54.1 Å². The van der Waals surface area contributed by atoms with Gasteiger partial charge in [0.1, 0.15) is 13.7 Å². The molecule has 1 aromatic heterocycles. The van der Waals surface area contributed by atoms with E-state index in [-0.39, 0.29) is 5.78 Å². The molecule has 0 radical (unpaired) electrons. The van der Waals surface area contributed by atoms with Gasteiger partial charge in [0.2, 0.25) is 11.0 Å². The Kier molecular flexibility index (Phi) is 2.76. The number of aryl methyl sites for hydroxylation is 1. The summed E-state index contributed by atoms with van der Waals surface area (Å²) in [4.78, 5) is 12.1. The van der Waals surface area contributed by atoms with Gasteiger partial charge in [0.25, 0.3) is 0 Å². The predicted molar refractivity (Wildman–Crippen MR) is 74.0 cm³/mol. The lowest BCUT2D eigenvalue weighted by atomic mass is 9.99. The number of nitrogens with zero attached hydrogens (tertiary/aromatic N) is 1. The minimum Gasteiger partial charge on any atom is -0.388 e. The molecule has 1 N–H and O–H groups in total. The van der Waals surface area contributed by atoms with Crippen molar-refractivity contribution in [2.75, 3.05) is 6.61 Å². The van der Waals surface area contributed by atoms with Crippen molar-refractivity contribution in [1.82, 2.24) is 0 Å². The van der Waals surface area contributed by atoms with Crippen molar-refractivity contribution in [2.24, 2.45) is 7.05 Å². The van der Waals surface area contributed by atoms with E-state index in [2.05, 4.69) is 4.57 Å². The third-order valence-corrected chi connectivity index (χ3v) is 3.49. The Hall–Kier alpha value is -2.26. The number of para-hydroxylation sites is 2. The molecule has 0 fully saturated rings. The maximum atomic E-state index is 12.1. The first kappa shape index (κ1) is 11.8. The molecule has 94 valence electrons. The van der Waals surface area contributed by atoms with E-state index in [4.69, 9.17) is 0 Å². The predicted octanol–water partition coefficient (Wildman–Crippen LogP) is 1.99. The third-order valence-electron chi connectivity index (χ3n) is 3.49. The highest BCUT2D eigenvalue weighted by Crippen LogP contribution is 2.24. The fourth-order valence-electron chi connectivity index (χ4n) is 2.61. The van der Waals surface area contributed by atoms with E-state index in [0.29, 0.717) is 5.56 Å². The molecule has 0 unspecified atom stereocenters. The minimum atomic E-state index is -0.471. The van der Waals surface area contributed by atoms with Crippen LogP contribution in [0.4, 0.5) is 0 Å². The number of carbonyl (C=O) groups excluding carboxylic acids is 1. The van der Waals surface area contributed by atoms with E-state index >= 15 is 0 Å². The topological polar surface area (TPSA) is 41.2 Å². The van der Waals surface area contributed by atoms with Crippen LogP contribution in [0.15, 0.2) is 48.5 Å². The van der Waals surface area contributed by atoms with Gasteiger partial charge in [0, 0.05) is 17.7 Å². The van der Waals surface area contributed by atoms with Crippen molar-refractivity contribution in [3.8, 4) is 0 Å². The highest BCUT2D eigenvalue weighted by atomic mass is 16.3. The van der Waals surface area contributed by atoms with E-state index in [1.807, 2.05) is 55.6 Å². The molecule has 0 atom stereocenters. The number of Topliss-reactive ketones (excluding diaryl/α,β-unsaturated/α-hetero) is 1. The average molecular weight is 252 g/mol. The molecule has 3 nitrogen and oxygen atoms in total. The van der Waals surface area contributed by atoms with Crippen molar-refractivity contribution in [1.29, 1.82) is 0 Å². The lowest BCUT2D eigenvalue weighted by Gasteiger charge is -2.08. The number of rotatable bonds is 2. The molecule has 0 amide bonds. The van der Waals surface area contributed by atoms with Crippen molar-refractivity contribution in [2.45, 2.75) is 0 Å². The molecule has 3 rings (SSSR count). The van der Waals surface area contributed by atoms with Gasteiger partial charge >= 0.3 is 0 Å². The Balaban J connectivity index is 2.60. The van der Waals surface area contributed by atoms with Gasteiger partial charge in [-0.3, -0.25) is 4.79 Å². The Morgan fingerprint density at radius 2 is 1.47 bits per heavy atom. The van der Waals surface area contributed by atoms with Gasteiger partial charge in [-0.25, -0.2) is 0 Å². The minimum absolute atomic E-state index is 0.243. The summed E-state index contributed by atoms with van der Waals surface area (Å²) in [6.07, 6.45) is 0. The summed E-state index contributed by atoms with van der Waals surface area (Å²) in [6, 6.07) is 15.5. The second kappa shape index (κ2) is 4.44. The lowest BCUT2D eigenvalue weighted by molar-refractivity contribution is -0.617. The van der Waals surface area contributed by atoms with Crippen LogP contribution in [-0.4, -0.2) is 17.5 Å². The summed E-state index contributed by atoms with van der Waals surface area (Å²) < 4.78 is 2.07. The van der Waals surface area contributed by atoms with Gasteiger partial charge in [-0.05, 0) is 12.1 Å². The molecular formula is C16H14NO2+. The van der Waals surface area contributed by atoms with E-state index < -0.39 is 6.61 Å². The van der Waals surface area contributed by atoms with Gasteiger partial charge < -0.3 is 5.11 Å². The molecule has 0 spiro atoms. The highest BCUT2D eigenvalue weighted by Gasteiger charge is 2.20. The van der Waals surface area contributed by atoms with E-state index in [9.17, 15) is 9.90 Å². The molecule has 1 heterocycles. The molecule has 3 aromatic rings. The number of hydrogen-bond donors (Lipinski definition) is 1. The van der Waals surface area contributed by atoms with Crippen molar-refractivity contribution >= 4 is 27.6 Å². The summed E-state index contributed by atoms with van der Waals surface area (Å²) in [5, 5.41) is 11.0. The fourth-order valence-corrected chi connectivity index (χ4v) is 2.61. The number of benzene rings is 2. The van der Waals surface area contributed by atoms with Crippen LogP contribution in [0.25, 0.3) is 21.8 Å². The summed E-state index contributed by atoms with van der Waals surface area (Å²) in [5.74, 6) is -0.243. The van der Waals surface area contributed by atoms with Crippen molar-refractivity contribution in [3.63, 3.8) is 0 Å². The van der Waals surface area contributed by atoms with Gasteiger partial charge in [-0.15, -0.1) is 0 Å². The first-order valence-corrected chi connectivity index (χ1v) is 6.17. The number of pyridine rings is 1. The van der Waals surface area contributed by atoms with Crippen LogP contribution < -0.4 is 4.57 Å². The zero-order valence-corrected chi connectivity index (χ0v) is 10.6. The number of carbonyl (C=O) groups is 1. The highest BCUT2D eigenvalue weighted by molar-refractivity contribution is 6.16. The molecule has 2 aromatic carbocycles. The maximum absolute atomic E-state index is 12.1. The van der Waals surface area contributed by atoms with E-state index in [1.54, 1.807) is 0 Å². The Morgan fingerprint density at radius 3 is 1.95 bits per heavy atom. The standard InChI is InChI=1S/C16H14NO2/c1-17-13-8-4-2-6-11(13)16(15(19)10-18)12-7-3-5-9-14(12)17/h2-9,18H,10H2,1H3/q+1. The SMILES string of the molecule is C[n+]1c2ccccc2c(C(=O)CO)c2ccccc21. The molecule has 0 saturated heterocycles. The largest absolute Gasteiger partial charge is 0.388 e. The van der Waals surface area contributed by atoms with Gasteiger partial charge in [-0.2, -0.15) is 4.57 Å². The normalized spacial score (nSPS) is 11.1. The maximum Gasteiger partial charge on any atom is 0.213 e. The van der Waals surface area contributed by atoms with Gasteiger partial charge in [-0.1, -0.05) is 24.3 Å². The lowest BCUT2D eigenvalue weighted by Crippen LogP contribution is -2.31. The molecule has 0 aliphatic heterocycles. The molecule has 0 aliphatic carbocycles. The third kappa shape index (κ3) is 1.71. The zero-order chi connectivity index (χ0) is 13.4. The zero-order valence-electron chi connectivity index (χ0n) is 10.6. The second-order valence-corrected chi connectivity index (χ2v) is 4.55. The Labute approximate surface area is 110 Å². The Bertz CT molecular complexity index is 736. The Morgan fingerprint density at radius 1 is 1.00 bits per heavy atom. The molecule has 0 aliphatic rings. The first-order chi connectivity index (χ1) is 9.24. The van der Waals surface area contributed by atoms with Crippen LogP contribution in [0, 0.1) is 0 Å². The summed E-state index contributed by atoms with van der Waals surface area (Å²) in [5.41, 5.74) is 2.57. The van der Waals surface area contributed by atoms with Crippen LogP contribution in [0.1, 0.15) is 10.4 Å². The summed E-state index contributed by atoms with van der Waals surface area (Å²) in [7, 11) is 1.98. The summed E-state index contributed by atoms with van der Waals surface area (Å²) in [6.45, 7) is -0.471. The number of aromatic nitrogens is 1. The van der Waals surface area contributed by atoms with Crippen molar-refractivity contribution < 1.29 is 14.5 Å². The van der Waals surface area contributed by atoms with Crippen LogP contribution in [0.5, 0.6) is 0 Å². The summed E-state index contributed by atoms with van der Waals surface area (Å²) >= 11 is 0. The van der Waals surface area contributed by atoms with Crippen LogP contribution in [-0.2, 0) is 7.05 Å². The number of ketones is 1. The fraction of sp³-hybridized carbons (Fsp3) is 0.125. The van der Waals surface area contributed by atoms with Crippen LogP contribution in [0.2, 0.25) is 0 Å². The van der Waals surface area contributed by atoms with E-state index in [1.165, 1.54) is 0 Å².